The Hall–Kier alpha value is -1.78. The average Bonchev–Trinajstić information content (AvgIpc) is 3.01. The van der Waals surface area contributed by atoms with Gasteiger partial charge in [0.05, 0.1) is 4.90 Å². The van der Waals surface area contributed by atoms with Gasteiger partial charge in [-0.25, -0.2) is 13.1 Å². The van der Waals surface area contributed by atoms with Gasteiger partial charge in [-0.1, -0.05) is 26.3 Å². The lowest BCUT2D eigenvalue weighted by molar-refractivity contribution is 0.470. The molecule has 0 bridgehead atoms. The lowest BCUT2D eigenvalue weighted by Gasteiger charge is -2.17. The molecule has 2 N–H and O–H groups in total. The minimum atomic E-state index is -3.60. The van der Waals surface area contributed by atoms with Crippen molar-refractivity contribution >= 4 is 15.7 Å². The molecule has 1 aliphatic heterocycles. The van der Waals surface area contributed by atoms with Crippen molar-refractivity contribution in [3.05, 3.63) is 23.8 Å². The summed E-state index contributed by atoms with van der Waals surface area (Å²) in [5.74, 6) is 0.542. The first kappa shape index (κ1) is 19.5. The Morgan fingerprint density at radius 2 is 2.20 bits per heavy atom. The number of benzene rings is 1. The van der Waals surface area contributed by atoms with Gasteiger partial charge in [0.2, 0.25) is 10.0 Å². The molecule has 0 radical (unpaired) electrons. The molecule has 1 aromatic carbocycles. The van der Waals surface area contributed by atoms with Gasteiger partial charge in [-0.3, -0.25) is 0 Å². The van der Waals surface area contributed by atoms with Crippen LogP contribution in [0.1, 0.15) is 38.7 Å². The van der Waals surface area contributed by atoms with Crippen molar-refractivity contribution in [3.8, 4) is 6.19 Å². The minimum absolute atomic E-state index is 0.217. The van der Waals surface area contributed by atoms with Crippen LogP contribution in [0.3, 0.4) is 0 Å². The van der Waals surface area contributed by atoms with Crippen LogP contribution in [0.5, 0.6) is 0 Å². The van der Waals surface area contributed by atoms with Crippen LogP contribution in [0, 0.1) is 24.3 Å². The molecule has 2 rings (SSSR count). The maximum atomic E-state index is 12.8. The van der Waals surface area contributed by atoms with E-state index in [2.05, 4.69) is 30.1 Å². The first-order chi connectivity index (χ1) is 11.9. The summed E-state index contributed by atoms with van der Waals surface area (Å²) in [6, 6.07) is 5.23. The van der Waals surface area contributed by atoms with E-state index in [9.17, 15) is 8.42 Å². The smallest absolute Gasteiger partial charge is 0.241 e. The zero-order chi connectivity index (χ0) is 18.4. The van der Waals surface area contributed by atoms with Crippen molar-refractivity contribution in [1.82, 2.24) is 9.62 Å². The Morgan fingerprint density at radius 3 is 2.84 bits per heavy atom. The van der Waals surface area contributed by atoms with Crippen molar-refractivity contribution in [2.75, 3.05) is 25.0 Å². The largest absolute Gasteiger partial charge is 0.385 e. The molecule has 1 fully saturated rings. The molecular weight excluding hydrogens is 336 g/mol. The van der Waals surface area contributed by atoms with Crippen molar-refractivity contribution in [1.29, 1.82) is 5.26 Å². The van der Waals surface area contributed by atoms with Gasteiger partial charge >= 0.3 is 0 Å². The van der Waals surface area contributed by atoms with Gasteiger partial charge in [0.15, 0.2) is 6.19 Å². The van der Waals surface area contributed by atoms with Gasteiger partial charge in [-0.15, -0.1) is 0 Å². The van der Waals surface area contributed by atoms with Crippen LogP contribution < -0.4 is 10.0 Å². The van der Waals surface area contributed by atoms with E-state index >= 15 is 0 Å². The number of sulfonamides is 1. The topological polar surface area (TPSA) is 85.2 Å². The summed E-state index contributed by atoms with van der Waals surface area (Å²) in [6.45, 7) is 8.00. The molecule has 2 unspecified atom stereocenters. The average molecular weight is 365 g/mol. The normalized spacial score (nSPS) is 18.8. The fourth-order valence-corrected chi connectivity index (χ4v) is 4.65. The third kappa shape index (κ3) is 5.35. The fraction of sp³-hybridized carbons (Fsp3) is 0.611. The number of nitriles is 1. The van der Waals surface area contributed by atoms with Crippen molar-refractivity contribution < 1.29 is 8.42 Å². The van der Waals surface area contributed by atoms with E-state index in [0.717, 1.165) is 30.6 Å². The molecule has 1 heterocycles. The predicted octanol–water partition coefficient (Wildman–Crippen LogP) is 2.68. The lowest BCUT2D eigenvalue weighted by atomic mass is 10.1. The van der Waals surface area contributed by atoms with Gasteiger partial charge in [0.25, 0.3) is 0 Å². The Balaban J connectivity index is 2.09. The van der Waals surface area contributed by atoms with Gasteiger partial charge in [-0.05, 0) is 43.4 Å². The Bertz CT molecular complexity index is 727. The predicted molar refractivity (Wildman–Crippen MR) is 99.7 cm³/mol. The summed E-state index contributed by atoms with van der Waals surface area (Å²) in [5, 5.41) is 12.2. The first-order valence-electron chi connectivity index (χ1n) is 8.87. The van der Waals surface area contributed by atoms with Crippen molar-refractivity contribution in [2.24, 2.45) is 5.92 Å². The summed E-state index contributed by atoms with van der Waals surface area (Å²) in [6.07, 6.45) is 5.00. The van der Waals surface area contributed by atoms with E-state index < -0.39 is 10.0 Å². The van der Waals surface area contributed by atoms with E-state index in [1.165, 1.54) is 0 Å². The van der Waals surface area contributed by atoms with E-state index in [-0.39, 0.29) is 6.04 Å². The summed E-state index contributed by atoms with van der Waals surface area (Å²) in [4.78, 5) is 1.88. The second-order valence-corrected chi connectivity index (χ2v) is 8.59. The number of nitrogens with one attached hydrogen (secondary N) is 2. The summed E-state index contributed by atoms with van der Waals surface area (Å²) < 4.78 is 28.3. The van der Waals surface area contributed by atoms with E-state index in [1.54, 1.807) is 17.9 Å². The third-order valence-electron chi connectivity index (χ3n) is 4.57. The lowest BCUT2D eigenvalue weighted by Crippen LogP contribution is -2.36. The van der Waals surface area contributed by atoms with Gasteiger partial charge in [-0.2, -0.15) is 5.26 Å². The number of likely N-dealkylation sites (tertiary alicyclic amines) is 1. The molecular formula is C18H28N4O2S. The Morgan fingerprint density at radius 1 is 1.44 bits per heavy atom. The van der Waals surface area contributed by atoms with E-state index in [0.29, 0.717) is 30.3 Å². The monoisotopic (exact) mass is 364 g/mol. The molecule has 0 amide bonds. The highest BCUT2D eigenvalue weighted by atomic mass is 32.2. The fourth-order valence-electron chi connectivity index (χ4n) is 3.12. The standard InChI is InChI=1S/C18H28N4O2S/c1-4-5-14(2)11-20-16-7-6-15(3)18(10-16)25(23,24)21-17-8-9-22(12-17)13-19/h6-7,10,14,17,20-21H,4-5,8-9,11-12H2,1-3H3. The molecule has 138 valence electrons. The number of nitrogens with zero attached hydrogens (tertiary/aromatic N) is 2. The molecule has 0 aromatic heterocycles. The number of hydrogen-bond acceptors (Lipinski definition) is 5. The molecule has 25 heavy (non-hydrogen) atoms. The summed E-state index contributed by atoms with van der Waals surface area (Å²) >= 11 is 0. The third-order valence-corrected chi connectivity index (χ3v) is 6.23. The molecule has 0 spiro atoms. The number of aryl methyl sites for hydroxylation is 1. The number of anilines is 1. The van der Waals surface area contributed by atoms with E-state index in [4.69, 9.17) is 5.26 Å². The Kier molecular flexibility index (Phi) is 6.68. The zero-order valence-electron chi connectivity index (χ0n) is 15.2. The van der Waals surface area contributed by atoms with Gasteiger partial charge in [0.1, 0.15) is 0 Å². The molecule has 2 atom stereocenters. The molecule has 6 nitrogen and oxygen atoms in total. The van der Waals surface area contributed by atoms with Crippen LogP contribution in [0.15, 0.2) is 23.1 Å². The maximum Gasteiger partial charge on any atom is 0.241 e. The molecule has 1 aromatic rings. The maximum absolute atomic E-state index is 12.8. The molecule has 0 saturated carbocycles. The highest BCUT2D eigenvalue weighted by molar-refractivity contribution is 7.89. The van der Waals surface area contributed by atoms with Crippen molar-refractivity contribution in [3.63, 3.8) is 0 Å². The Labute approximate surface area is 151 Å². The van der Waals surface area contributed by atoms with Gasteiger partial charge in [0, 0.05) is 31.4 Å². The second kappa shape index (κ2) is 8.54. The van der Waals surface area contributed by atoms with Crippen LogP contribution in [0.4, 0.5) is 5.69 Å². The van der Waals surface area contributed by atoms with Crippen LogP contribution in [-0.4, -0.2) is 39.0 Å². The molecule has 1 saturated heterocycles. The number of rotatable bonds is 8. The van der Waals surface area contributed by atoms with Crippen LogP contribution in [-0.2, 0) is 10.0 Å². The summed E-state index contributed by atoms with van der Waals surface area (Å²) in [7, 11) is -3.60. The molecule has 0 aliphatic carbocycles. The molecule has 7 heteroatoms. The van der Waals surface area contributed by atoms with E-state index in [1.807, 2.05) is 12.1 Å². The number of hydrogen-bond donors (Lipinski definition) is 2. The highest BCUT2D eigenvalue weighted by Crippen LogP contribution is 2.22. The second-order valence-electron chi connectivity index (χ2n) is 6.91. The first-order valence-corrected chi connectivity index (χ1v) is 10.4. The summed E-state index contributed by atoms with van der Waals surface area (Å²) in [5.41, 5.74) is 1.54. The minimum Gasteiger partial charge on any atom is -0.385 e. The van der Waals surface area contributed by atoms with Crippen LogP contribution in [0.2, 0.25) is 0 Å². The van der Waals surface area contributed by atoms with Crippen LogP contribution in [0.25, 0.3) is 0 Å². The highest BCUT2D eigenvalue weighted by Gasteiger charge is 2.27. The van der Waals surface area contributed by atoms with Gasteiger partial charge < -0.3 is 10.2 Å². The van der Waals surface area contributed by atoms with Crippen molar-refractivity contribution in [2.45, 2.75) is 51.0 Å². The quantitative estimate of drug-likeness (QED) is 0.693. The SMILES string of the molecule is CCCC(C)CNc1ccc(C)c(S(=O)(=O)NC2CCN(C#N)C2)c1. The molecule has 1 aliphatic rings. The van der Waals surface area contributed by atoms with Crippen LogP contribution >= 0.6 is 0 Å². The zero-order valence-corrected chi connectivity index (χ0v) is 16.1.